The van der Waals surface area contributed by atoms with Crippen molar-refractivity contribution in [3.8, 4) is 5.75 Å². The largest absolute Gasteiger partial charge is 0.494 e. The number of rotatable bonds is 5. The third kappa shape index (κ3) is 3.24. The van der Waals surface area contributed by atoms with Crippen LogP contribution in [0.1, 0.15) is 17.3 Å². The highest BCUT2D eigenvalue weighted by Gasteiger charge is 2.10. The molecule has 0 aliphatic heterocycles. The first kappa shape index (κ1) is 15.7. The Morgan fingerprint density at radius 2 is 1.88 bits per heavy atom. The molecule has 0 unspecified atom stereocenters. The quantitative estimate of drug-likeness (QED) is 0.667. The van der Waals surface area contributed by atoms with Crippen molar-refractivity contribution in [1.82, 2.24) is 15.0 Å². The summed E-state index contributed by atoms with van der Waals surface area (Å²) in [5.74, 6) is 0.116. The number of nitrogens with zero attached hydrogens (tertiary/aromatic N) is 3. The van der Waals surface area contributed by atoms with E-state index < -0.39 is 5.97 Å². The molecule has 0 N–H and O–H groups in total. The van der Waals surface area contributed by atoms with Crippen LogP contribution < -0.4 is 10.3 Å². The molecule has 7 heteroatoms. The number of esters is 1. The normalized spacial score (nSPS) is 10.5. The van der Waals surface area contributed by atoms with Crippen LogP contribution >= 0.6 is 0 Å². The second kappa shape index (κ2) is 6.91. The molecule has 7 nitrogen and oxygen atoms in total. The molecule has 0 radical (unpaired) electrons. The van der Waals surface area contributed by atoms with E-state index in [0.717, 1.165) is 4.68 Å². The highest BCUT2D eigenvalue weighted by Crippen LogP contribution is 2.13. The lowest BCUT2D eigenvalue weighted by Gasteiger charge is -2.07. The standard InChI is InChI=1S/C17H15N3O4/c1-2-23-13-9-7-12(8-10-13)17(22)24-11-20-16(21)14-5-3-4-6-15(14)18-19-20/h3-10H,2,11H2,1H3. The second-order valence-corrected chi connectivity index (χ2v) is 4.93. The van der Waals surface area contributed by atoms with Gasteiger partial charge in [-0.15, -0.1) is 5.10 Å². The molecular weight excluding hydrogens is 310 g/mol. The molecule has 3 aromatic rings. The van der Waals surface area contributed by atoms with Gasteiger partial charge in [0.2, 0.25) is 0 Å². The molecule has 1 heterocycles. The number of benzene rings is 2. The lowest BCUT2D eigenvalue weighted by atomic mass is 10.2. The molecule has 0 aliphatic carbocycles. The monoisotopic (exact) mass is 325 g/mol. The van der Waals surface area contributed by atoms with E-state index in [1.807, 2.05) is 6.92 Å². The van der Waals surface area contributed by atoms with Crippen LogP contribution in [0.3, 0.4) is 0 Å². The average Bonchev–Trinajstić information content (AvgIpc) is 2.62. The molecule has 0 saturated carbocycles. The Bertz CT molecular complexity index is 919. The molecule has 0 saturated heterocycles. The molecular formula is C17H15N3O4. The van der Waals surface area contributed by atoms with Gasteiger partial charge >= 0.3 is 5.97 Å². The summed E-state index contributed by atoms with van der Waals surface area (Å²) in [5.41, 5.74) is 0.497. The first-order valence-electron chi connectivity index (χ1n) is 7.41. The molecule has 0 bridgehead atoms. The smallest absolute Gasteiger partial charge is 0.339 e. The van der Waals surface area contributed by atoms with E-state index in [9.17, 15) is 9.59 Å². The molecule has 24 heavy (non-hydrogen) atoms. The van der Waals surface area contributed by atoms with Gasteiger partial charge in [0, 0.05) is 0 Å². The van der Waals surface area contributed by atoms with Crippen LogP contribution in [0.2, 0.25) is 0 Å². The van der Waals surface area contributed by atoms with Gasteiger partial charge in [-0.25, -0.2) is 4.79 Å². The number of hydrogen-bond donors (Lipinski definition) is 0. The van der Waals surface area contributed by atoms with Crippen molar-refractivity contribution in [2.24, 2.45) is 0 Å². The van der Waals surface area contributed by atoms with Gasteiger partial charge in [-0.1, -0.05) is 17.3 Å². The zero-order valence-electron chi connectivity index (χ0n) is 13.0. The van der Waals surface area contributed by atoms with E-state index in [-0.39, 0.29) is 12.3 Å². The third-order valence-electron chi connectivity index (χ3n) is 3.35. The Balaban J connectivity index is 1.72. The molecule has 2 aromatic carbocycles. The summed E-state index contributed by atoms with van der Waals surface area (Å²) in [5, 5.41) is 8.12. The van der Waals surface area contributed by atoms with Crippen molar-refractivity contribution in [2.75, 3.05) is 6.61 Å². The predicted octanol–water partition coefficient (Wildman–Crippen LogP) is 2.00. The minimum absolute atomic E-state index is 0.303. The minimum Gasteiger partial charge on any atom is -0.494 e. The molecule has 0 fully saturated rings. The fourth-order valence-corrected chi connectivity index (χ4v) is 2.16. The molecule has 0 amide bonds. The average molecular weight is 325 g/mol. The van der Waals surface area contributed by atoms with Crippen LogP contribution in [0.4, 0.5) is 0 Å². The Morgan fingerprint density at radius 3 is 2.62 bits per heavy atom. The highest BCUT2D eigenvalue weighted by atomic mass is 16.5. The van der Waals surface area contributed by atoms with E-state index in [2.05, 4.69) is 10.3 Å². The first-order chi connectivity index (χ1) is 11.7. The fraction of sp³-hybridized carbons (Fsp3) is 0.176. The Morgan fingerprint density at radius 1 is 1.12 bits per heavy atom. The van der Waals surface area contributed by atoms with Gasteiger partial charge in [-0.05, 0) is 43.3 Å². The van der Waals surface area contributed by atoms with E-state index >= 15 is 0 Å². The molecule has 0 spiro atoms. The van der Waals surface area contributed by atoms with Crippen LogP contribution in [-0.4, -0.2) is 27.6 Å². The van der Waals surface area contributed by atoms with Crippen molar-refractivity contribution < 1.29 is 14.3 Å². The van der Waals surface area contributed by atoms with Crippen LogP contribution in [0.25, 0.3) is 10.9 Å². The van der Waals surface area contributed by atoms with Crippen molar-refractivity contribution >= 4 is 16.9 Å². The highest BCUT2D eigenvalue weighted by molar-refractivity contribution is 5.89. The Kier molecular flexibility index (Phi) is 4.51. The summed E-state index contributed by atoms with van der Waals surface area (Å²) >= 11 is 0. The SMILES string of the molecule is CCOc1ccc(C(=O)OCn2nnc3ccccc3c2=O)cc1. The van der Waals surface area contributed by atoms with Gasteiger partial charge in [0.15, 0.2) is 6.73 Å². The van der Waals surface area contributed by atoms with Crippen LogP contribution in [0, 0.1) is 0 Å². The van der Waals surface area contributed by atoms with Gasteiger partial charge in [-0.2, -0.15) is 4.68 Å². The number of carbonyl (C=O) groups excluding carboxylic acids is 1. The van der Waals surface area contributed by atoms with Crippen LogP contribution in [0.15, 0.2) is 53.3 Å². The third-order valence-corrected chi connectivity index (χ3v) is 3.35. The van der Waals surface area contributed by atoms with E-state index in [1.54, 1.807) is 48.5 Å². The summed E-state index contributed by atoms with van der Waals surface area (Å²) in [6, 6.07) is 13.4. The van der Waals surface area contributed by atoms with Gasteiger partial charge in [-0.3, -0.25) is 4.79 Å². The minimum atomic E-state index is -0.556. The molecule has 1 aromatic heterocycles. The van der Waals surface area contributed by atoms with Gasteiger partial charge < -0.3 is 9.47 Å². The number of fused-ring (bicyclic) bond motifs is 1. The van der Waals surface area contributed by atoms with Crippen LogP contribution in [-0.2, 0) is 11.5 Å². The summed E-state index contributed by atoms with van der Waals surface area (Å²) in [6.07, 6.45) is 0. The van der Waals surface area contributed by atoms with Crippen molar-refractivity contribution in [3.63, 3.8) is 0 Å². The van der Waals surface area contributed by atoms with Gasteiger partial charge in [0.05, 0.1) is 17.6 Å². The first-order valence-corrected chi connectivity index (χ1v) is 7.41. The van der Waals surface area contributed by atoms with Gasteiger partial charge in [0.25, 0.3) is 5.56 Å². The number of carbonyl (C=O) groups is 1. The number of hydrogen-bond acceptors (Lipinski definition) is 6. The van der Waals surface area contributed by atoms with E-state index in [1.165, 1.54) is 0 Å². The van der Waals surface area contributed by atoms with Crippen LogP contribution in [0.5, 0.6) is 5.75 Å². The van der Waals surface area contributed by atoms with Crippen molar-refractivity contribution in [1.29, 1.82) is 0 Å². The van der Waals surface area contributed by atoms with Crippen molar-refractivity contribution in [3.05, 3.63) is 64.4 Å². The maximum absolute atomic E-state index is 12.2. The summed E-state index contributed by atoms with van der Waals surface area (Å²) in [7, 11) is 0. The molecule has 3 rings (SSSR count). The predicted molar refractivity (Wildman–Crippen MR) is 86.8 cm³/mol. The zero-order valence-corrected chi connectivity index (χ0v) is 13.0. The molecule has 0 atom stereocenters. The van der Waals surface area contributed by atoms with Crippen molar-refractivity contribution in [2.45, 2.75) is 13.7 Å². The molecule has 0 aliphatic rings. The lowest BCUT2D eigenvalue weighted by Crippen LogP contribution is -2.26. The summed E-state index contributed by atoms with van der Waals surface area (Å²) < 4.78 is 11.4. The molecule has 122 valence electrons. The fourth-order valence-electron chi connectivity index (χ4n) is 2.16. The zero-order chi connectivity index (χ0) is 16.9. The number of ether oxygens (including phenoxy) is 2. The summed E-state index contributed by atoms with van der Waals surface area (Å²) in [4.78, 5) is 24.3. The maximum atomic E-state index is 12.2. The van der Waals surface area contributed by atoms with Gasteiger partial charge in [0.1, 0.15) is 11.3 Å². The summed E-state index contributed by atoms with van der Waals surface area (Å²) in [6.45, 7) is 2.13. The Labute approximate surface area is 137 Å². The topological polar surface area (TPSA) is 83.3 Å². The van der Waals surface area contributed by atoms with E-state index in [0.29, 0.717) is 28.8 Å². The lowest BCUT2D eigenvalue weighted by molar-refractivity contribution is 0.0336. The Hall–Kier alpha value is -3.22. The van der Waals surface area contributed by atoms with E-state index in [4.69, 9.17) is 9.47 Å². The second-order valence-electron chi connectivity index (χ2n) is 4.93. The maximum Gasteiger partial charge on any atom is 0.339 e. The number of aromatic nitrogens is 3.